The monoisotopic (exact) mass is 407 g/mol. The number of carbonyl (C=O) groups is 1. The van der Waals surface area contributed by atoms with Gasteiger partial charge >= 0.3 is 0 Å². The molecule has 27 heavy (non-hydrogen) atoms. The van der Waals surface area contributed by atoms with Crippen LogP contribution in [0.4, 0.5) is 5.82 Å². The summed E-state index contributed by atoms with van der Waals surface area (Å²) in [6.45, 7) is 0. The largest absolute Gasteiger partial charge is 0.310 e. The summed E-state index contributed by atoms with van der Waals surface area (Å²) in [5, 5.41) is 7.93. The molecule has 1 aromatic heterocycles. The second-order valence-corrected chi connectivity index (χ2v) is 9.94. The highest BCUT2D eigenvalue weighted by Gasteiger charge is 2.33. The molecule has 1 aromatic carbocycles. The van der Waals surface area contributed by atoms with Gasteiger partial charge in [0.25, 0.3) is 0 Å². The van der Waals surface area contributed by atoms with Gasteiger partial charge in [-0.2, -0.15) is 5.10 Å². The highest BCUT2D eigenvalue weighted by atomic mass is 35.5. The van der Waals surface area contributed by atoms with Crippen LogP contribution in [0.3, 0.4) is 0 Å². The summed E-state index contributed by atoms with van der Waals surface area (Å²) in [5.41, 5.74) is 1.78. The van der Waals surface area contributed by atoms with Crippen molar-refractivity contribution in [2.75, 3.05) is 5.32 Å². The lowest BCUT2D eigenvalue weighted by Crippen LogP contribution is -2.17. The van der Waals surface area contributed by atoms with Crippen molar-refractivity contribution in [1.29, 1.82) is 0 Å². The van der Waals surface area contributed by atoms with Gasteiger partial charge in [-0.3, -0.25) is 4.79 Å². The second-order valence-electron chi connectivity index (χ2n) is 7.44. The number of sulfone groups is 1. The van der Waals surface area contributed by atoms with Crippen LogP contribution in [0.15, 0.2) is 24.3 Å². The van der Waals surface area contributed by atoms with Gasteiger partial charge in [0.2, 0.25) is 5.91 Å². The van der Waals surface area contributed by atoms with Gasteiger partial charge in [0.1, 0.15) is 5.82 Å². The zero-order valence-electron chi connectivity index (χ0n) is 14.9. The number of nitrogens with one attached hydrogen (secondary N) is 1. The van der Waals surface area contributed by atoms with Crippen LogP contribution in [-0.2, 0) is 26.1 Å². The molecule has 4 rings (SSSR count). The number of nitrogens with zero attached hydrogens (tertiary/aromatic N) is 2. The van der Waals surface area contributed by atoms with Gasteiger partial charge in [-0.05, 0) is 30.5 Å². The molecule has 2 heterocycles. The number of fused-ring (bicyclic) bond motifs is 1. The molecule has 144 valence electrons. The number of benzene rings is 1. The number of aromatic nitrogens is 2. The quantitative estimate of drug-likeness (QED) is 0.815. The van der Waals surface area contributed by atoms with Crippen LogP contribution < -0.4 is 5.32 Å². The predicted octanol–water partition coefficient (Wildman–Crippen LogP) is 3.86. The number of halogens is 1. The summed E-state index contributed by atoms with van der Waals surface area (Å²) in [5.74, 6) is 0.781. The fraction of sp³-hybridized carbons (Fsp3) is 0.474. The molecule has 0 unspecified atom stereocenters. The fourth-order valence-corrected chi connectivity index (χ4v) is 5.67. The van der Waals surface area contributed by atoms with Crippen molar-refractivity contribution in [2.45, 2.75) is 50.0 Å². The Labute approximate surface area is 163 Å². The van der Waals surface area contributed by atoms with Crippen LogP contribution in [0, 0.1) is 5.92 Å². The molecule has 1 saturated carbocycles. The molecule has 1 fully saturated rings. The fourth-order valence-electron chi connectivity index (χ4n) is 3.99. The van der Waals surface area contributed by atoms with Gasteiger partial charge in [-0.1, -0.05) is 43.4 Å². The minimum absolute atomic E-state index is 0.0961. The molecule has 8 heteroatoms. The van der Waals surface area contributed by atoms with Gasteiger partial charge in [0, 0.05) is 17.0 Å². The number of hydrogen-bond acceptors (Lipinski definition) is 4. The summed E-state index contributed by atoms with van der Waals surface area (Å²) in [6, 6.07) is 7.13. The molecule has 1 aliphatic heterocycles. The van der Waals surface area contributed by atoms with E-state index in [0.29, 0.717) is 40.1 Å². The maximum Gasteiger partial charge on any atom is 0.225 e. The van der Waals surface area contributed by atoms with Crippen molar-refractivity contribution >= 4 is 33.2 Å². The smallest absolute Gasteiger partial charge is 0.225 e. The third-order valence-electron chi connectivity index (χ3n) is 5.35. The first-order valence-electron chi connectivity index (χ1n) is 9.28. The van der Waals surface area contributed by atoms with E-state index in [4.69, 9.17) is 11.6 Å². The molecule has 0 radical (unpaired) electrons. The number of rotatable bonds is 5. The van der Waals surface area contributed by atoms with E-state index >= 15 is 0 Å². The molecule has 0 spiro atoms. The molecule has 2 aromatic rings. The van der Waals surface area contributed by atoms with E-state index < -0.39 is 9.84 Å². The van der Waals surface area contributed by atoms with Crippen LogP contribution in [-0.4, -0.2) is 24.1 Å². The lowest BCUT2D eigenvalue weighted by atomic mass is 10.0. The topological polar surface area (TPSA) is 81.1 Å². The standard InChI is InChI=1S/C19H22ClN3O3S/c20-14-6-3-7-15(10-14)23-19(16-11-27(25,26)12-17(16)22-23)21-18(24)9-8-13-4-1-2-5-13/h3,6-7,10,13H,1-2,4-5,8-9,11-12H2,(H,21,24). The highest BCUT2D eigenvalue weighted by Crippen LogP contribution is 2.34. The van der Waals surface area contributed by atoms with Gasteiger partial charge in [0.15, 0.2) is 9.84 Å². The van der Waals surface area contributed by atoms with Crippen LogP contribution in [0.2, 0.25) is 5.02 Å². The van der Waals surface area contributed by atoms with E-state index in [0.717, 1.165) is 6.42 Å². The number of hydrogen-bond donors (Lipinski definition) is 1. The summed E-state index contributed by atoms with van der Waals surface area (Å²) >= 11 is 6.09. The molecule has 1 N–H and O–H groups in total. The molecular weight excluding hydrogens is 386 g/mol. The summed E-state index contributed by atoms with van der Waals surface area (Å²) < 4.78 is 25.6. The van der Waals surface area contributed by atoms with E-state index in [1.807, 2.05) is 6.07 Å². The van der Waals surface area contributed by atoms with Crippen LogP contribution >= 0.6 is 11.6 Å². The third-order valence-corrected chi connectivity index (χ3v) is 7.03. The van der Waals surface area contributed by atoms with Gasteiger partial charge in [-0.15, -0.1) is 0 Å². The maximum absolute atomic E-state index is 12.6. The Morgan fingerprint density at radius 2 is 2.04 bits per heavy atom. The Morgan fingerprint density at radius 3 is 2.78 bits per heavy atom. The van der Waals surface area contributed by atoms with Crippen molar-refractivity contribution in [3.63, 3.8) is 0 Å². The summed E-state index contributed by atoms with van der Waals surface area (Å²) in [6.07, 6.45) is 6.20. The lowest BCUT2D eigenvalue weighted by molar-refractivity contribution is -0.116. The molecule has 1 amide bonds. The van der Waals surface area contributed by atoms with Crippen molar-refractivity contribution in [3.8, 4) is 5.69 Å². The van der Waals surface area contributed by atoms with Crippen molar-refractivity contribution in [2.24, 2.45) is 5.92 Å². The summed E-state index contributed by atoms with van der Waals surface area (Å²) in [7, 11) is -3.21. The van der Waals surface area contributed by atoms with E-state index in [9.17, 15) is 13.2 Å². The highest BCUT2D eigenvalue weighted by molar-refractivity contribution is 7.90. The zero-order chi connectivity index (χ0) is 19.0. The number of anilines is 1. The number of carbonyl (C=O) groups excluding carboxylic acids is 1. The first-order valence-corrected chi connectivity index (χ1v) is 11.5. The normalized spacial score (nSPS) is 18.6. The molecular formula is C19H22ClN3O3S. The Balaban J connectivity index is 1.60. The minimum Gasteiger partial charge on any atom is -0.310 e. The first-order chi connectivity index (χ1) is 12.9. The molecule has 0 bridgehead atoms. The van der Waals surface area contributed by atoms with Gasteiger partial charge < -0.3 is 5.32 Å². The van der Waals surface area contributed by atoms with E-state index in [-0.39, 0.29) is 17.4 Å². The van der Waals surface area contributed by atoms with E-state index in [2.05, 4.69) is 10.4 Å². The Bertz CT molecular complexity index is 978. The SMILES string of the molecule is O=C(CCC1CCCC1)Nc1c2c(nn1-c1cccc(Cl)c1)CS(=O)(=O)C2. The van der Waals surface area contributed by atoms with Gasteiger partial charge in [0.05, 0.1) is 22.9 Å². The average Bonchev–Trinajstić information content (AvgIpc) is 3.29. The van der Waals surface area contributed by atoms with Crippen molar-refractivity contribution in [3.05, 3.63) is 40.5 Å². The number of amides is 1. The van der Waals surface area contributed by atoms with Crippen molar-refractivity contribution < 1.29 is 13.2 Å². The summed E-state index contributed by atoms with van der Waals surface area (Å²) in [4.78, 5) is 12.6. The minimum atomic E-state index is -3.21. The predicted molar refractivity (Wildman–Crippen MR) is 105 cm³/mol. The Kier molecular flexibility index (Phi) is 4.99. The van der Waals surface area contributed by atoms with E-state index in [1.165, 1.54) is 25.7 Å². The van der Waals surface area contributed by atoms with Crippen molar-refractivity contribution in [1.82, 2.24) is 9.78 Å². The molecule has 2 aliphatic rings. The molecule has 0 saturated heterocycles. The molecule has 0 atom stereocenters. The second kappa shape index (κ2) is 7.28. The van der Waals surface area contributed by atoms with Crippen LogP contribution in [0.5, 0.6) is 0 Å². The molecule has 1 aliphatic carbocycles. The first kappa shape index (κ1) is 18.5. The van der Waals surface area contributed by atoms with E-state index in [1.54, 1.807) is 22.9 Å². The lowest BCUT2D eigenvalue weighted by Gasteiger charge is -2.12. The zero-order valence-corrected chi connectivity index (χ0v) is 16.5. The van der Waals surface area contributed by atoms with Crippen LogP contribution in [0.25, 0.3) is 5.69 Å². The molecule has 6 nitrogen and oxygen atoms in total. The van der Waals surface area contributed by atoms with Crippen LogP contribution in [0.1, 0.15) is 49.8 Å². The maximum atomic E-state index is 12.6. The Hall–Kier alpha value is -1.86. The van der Waals surface area contributed by atoms with Gasteiger partial charge in [-0.25, -0.2) is 13.1 Å². The average molecular weight is 408 g/mol. The third kappa shape index (κ3) is 4.04. The Morgan fingerprint density at radius 1 is 1.26 bits per heavy atom.